The molecule has 32 heavy (non-hydrogen) atoms. The molecule has 8 atom stereocenters. The molecule has 9 nitrogen and oxygen atoms in total. The lowest BCUT2D eigenvalue weighted by Gasteiger charge is -2.28. The molecule has 3 amide bonds. The van der Waals surface area contributed by atoms with E-state index >= 15 is 0 Å². The van der Waals surface area contributed by atoms with Gasteiger partial charge in [-0.05, 0) is 49.4 Å². The van der Waals surface area contributed by atoms with Gasteiger partial charge >= 0.3 is 0 Å². The molecule has 176 valence electrons. The fourth-order valence-electron chi connectivity index (χ4n) is 5.90. The lowest BCUT2D eigenvalue weighted by molar-refractivity contribution is -0.165. The molecule has 0 aromatic heterocycles. The van der Waals surface area contributed by atoms with Crippen LogP contribution in [0.5, 0.6) is 0 Å². The SMILES string of the molecule is CC(C)C[C@H](NC(=O)C[C@H]1C2CO[C@H]3OCC1C3C2)C(=O)N[C@H](C#N)C[C@@H]1CCNC1=O. The number of hydrogen-bond acceptors (Lipinski definition) is 6. The molecule has 4 rings (SSSR count). The number of amides is 3. The topological polar surface area (TPSA) is 130 Å². The average molecular weight is 447 g/mol. The van der Waals surface area contributed by atoms with Crippen LogP contribution < -0.4 is 16.0 Å². The van der Waals surface area contributed by atoms with Crippen molar-refractivity contribution in [1.82, 2.24) is 16.0 Å². The zero-order chi connectivity index (χ0) is 22.8. The van der Waals surface area contributed by atoms with Crippen LogP contribution in [0.4, 0.5) is 0 Å². The van der Waals surface area contributed by atoms with Crippen molar-refractivity contribution in [2.24, 2.45) is 35.5 Å². The second-order valence-corrected chi connectivity index (χ2v) is 10.2. The van der Waals surface area contributed by atoms with Crippen molar-refractivity contribution in [3.63, 3.8) is 0 Å². The smallest absolute Gasteiger partial charge is 0.243 e. The summed E-state index contributed by atoms with van der Waals surface area (Å²) in [7, 11) is 0. The number of hydrogen-bond donors (Lipinski definition) is 3. The van der Waals surface area contributed by atoms with E-state index in [0.717, 1.165) is 6.42 Å². The number of nitriles is 1. The van der Waals surface area contributed by atoms with E-state index in [2.05, 4.69) is 22.0 Å². The average Bonchev–Trinajstić information content (AvgIpc) is 3.41. The maximum atomic E-state index is 13.0. The Hall–Kier alpha value is -2.18. The summed E-state index contributed by atoms with van der Waals surface area (Å²) in [6, 6.07) is 0.621. The van der Waals surface area contributed by atoms with Crippen molar-refractivity contribution < 1.29 is 23.9 Å². The molecular formula is C23H34N4O5. The fraction of sp³-hybridized carbons (Fsp3) is 0.826. The van der Waals surface area contributed by atoms with E-state index < -0.39 is 12.1 Å². The van der Waals surface area contributed by atoms with E-state index in [9.17, 15) is 19.6 Å². The Bertz CT molecular complexity index is 781. The minimum atomic E-state index is -0.762. The highest BCUT2D eigenvalue weighted by molar-refractivity contribution is 5.88. The van der Waals surface area contributed by atoms with Crippen LogP contribution in [0.15, 0.2) is 0 Å². The molecule has 3 unspecified atom stereocenters. The number of carbonyl (C=O) groups is 3. The second-order valence-electron chi connectivity index (χ2n) is 10.2. The molecule has 3 N–H and O–H groups in total. The molecule has 1 aliphatic carbocycles. The quantitative estimate of drug-likeness (QED) is 0.478. The fourth-order valence-corrected chi connectivity index (χ4v) is 5.90. The van der Waals surface area contributed by atoms with Crippen molar-refractivity contribution >= 4 is 17.7 Å². The highest BCUT2D eigenvalue weighted by Gasteiger charge is 2.54. The van der Waals surface area contributed by atoms with Crippen LogP contribution in [0.1, 0.15) is 46.0 Å². The summed E-state index contributed by atoms with van der Waals surface area (Å²) in [5, 5.41) is 17.9. The van der Waals surface area contributed by atoms with Crippen LogP contribution in [0.25, 0.3) is 0 Å². The first-order valence-corrected chi connectivity index (χ1v) is 11.9. The van der Waals surface area contributed by atoms with Gasteiger partial charge in [0.15, 0.2) is 6.29 Å². The third-order valence-corrected chi connectivity index (χ3v) is 7.49. The summed E-state index contributed by atoms with van der Waals surface area (Å²) in [5.41, 5.74) is 0. The maximum Gasteiger partial charge on any atom is 0.243 e. The summed E-state index contributed by atoms with van der Waals surface area (Å²) in [6.45, 7) is 5.85. The summed E-state index contributed by atoms with van der Waals surface area (Å²) in [4.78, 5) is 37.7. The molecule has 4 aliphatic rings. The molecule has 3 aliphatic heterocycles. The van der Waals surface area contributed by atoms with Crippen molar-refractivity contribution in [3.05, 3.63) is 0 Å². The molecule has 0 aromatic carbocycles. The molecule has 2 bridgehead atoms. The number of nitrogens with zero attached hydrogens (tertiary/aromatic N) is 1. The molecular weight excluding hydrogens is 412 g/mol. The van der Waals surface area contributed by atoms with Gasteiger partial charge in [0.25, 0.3) is 0 Å². The minimum Gasteiger partial charge on any atom is -0.356 e. The van der Waals surface area contributed by atoms with Crippen molar-refractivity contribution in [3.8, 4) is 6.07 Å². The Balaban J connectivity index is 1.34. The van der Waals surface area contributed by atoms with Crippen molar-refractivity contribution in [1.29, 1.82) is 5.26 Å². The standard InChI is InChI=1S/C23H34N4O5/c1-12(2)5-19(22(30)26-15(9-24)6-13-3-4-25-21(13)29)27-20(28)8-16-14-7-17-18(16)11-32-23(17)31-10-14/h12-19,23H,3-8,10-11H2,1-2H3,(H,25,29)(H,26,30)(H,27,28)/t13-,14?,15-,16-,17?,18?,19-,23-/m0/s1. The van der Waals surface area contributed by atoms with E-state index in [4.69, 9.17) is 9.47 Å². The summed E-state index contributed by atoms with van der Waals surface area (Å²) in [5.74, 6) is 0.647. The van der Waals surface area contributed by atoms with Crippen LogP contribution in [0.3, 0.4) is 0 Å². The Kier molecular flexibility index (Phi) is 7.01. The predicted molar refractivity (Wildman–Crippen MR) is 114 cm³/mol. The van der Waals surface area contributed by atoms with E-state index in [-0.39, 0.29) is 48.2 Å². The van der Waals surface area contributed by atoms with Gasteiger partial charge in [0, 0.05) is 24.8 Å². The van der Waals surface area contributed by atoms with Crippen LogP contribution in [0.2, 0.25) is 0 Å². The predicted octanol–water partition coefficient (Wildman–Crippen LogP) is 0.697. The van der Waals surface area contributed by atoms with Gasteiger partial charge in [-0.3, -0.25) is 14.4 Å². The number of carbonyl (C=O) groups excluding carboxylic acids is 3. The van der Waals surface area contributed by atoms with Gasteiger partial charge in [0.1, 0.15) is 12.1 Å². The Morgan fingerprint density at radius 3 is 2.69 bits per heavy atom. The maximum absolute atomic E-state index is 13.0. The first-order chi connectivity index (χ1) is 15.4. The van der Waals surface area contributed by atoms with Crippen LogP contribution in [-0.2, 0) is 23.9 Å². The molecule has 9 heteroatoms. The molecule has 3 saturated heterocycles. The molecule has 3 heterocycles. The number of nitrogens with one attached hydrogen (secondary N) is 3. The zero-order valence-corrected chi connectivity index (χ0v) is 18.8. The third kappa shape index (κ3) is 4.91. The van der Waals surface area contributed by atoms with Crippen LogP contribution >= 0.6 is 0 Å². The number of rotatable bonds is 9. The van der Waals surface area contributed by atoms with Gasteiger partial charge in [0.2, 0.25) is 17.7 Å². The number of ether oxygens (including phenoxy) is 2. The van der Waals surface area contributed by atoms with Crippen LogP contribution in [-0.4, -0.2) is 55.9 Å². The van der Waals surface area contributed by atoms with Gasteiger partial charge in [-0.25, -0.2) is 0 Å². The molecule has 4 fully saturated rings. The molecule has 0 aromatic rings. The summed E-state index contributed by atoms with van der Waals surface area (Å²) < 4.78 is 11.5. The van der Waals surface area contributed by atoms with Gasteiger partial charge in [-0.1, -0.05) is 13.8 Å². The van der Waals surface area contributed by atoms with Gasteiger partial charge in [-0.15, -0.1) is 0 Å². The molecule has 1 saturated carbocycles. The van der Waals surface area contributed by atoms with Gasteiger partial charge in [0.05, 0.1) is 19.3 Å². The highest BCUT2D eigenvalue weighted by Crippen LogP contribution is 2.52. The Labute approximate surface area is 188 Å². The van der Waals surface area contributed by atoms with Crippen molar-refractivity contribution in [2.45, 2.75) is 64.3 Å². The molecule has 0 spiro atoms. The first-order valence-electron chi connectivity index (χ1n) is 11.9. The Morgan fingerprint density at radius 1 is 1.22 bits per heavy atom. The Morgan fingerprint density at radius 2 is 2.00 bits per heavy atom. The largest absolute Gasteiger partial charge is 0.356 e. The normalized spacial score (nSPS) is 34.6. The zero-order valence-electron chi connectivity index (χ0n) is 18.8. The number of fused-ring (bicyclic) bond motifs is 1. The van der Waals surface area contributed by atoms with E-state index in [1.54, 1.807) is 0 Å². The second kappa shape index (κ2) is 9.75. The van der Waals surface area contributed by atoms with E-state index in [1.165, 1.54) is 0 Å². The summed E-state index contributed by atoms with van der Waals surface area (Å²) >= 11 is 0. The minimum absolute atomic E-state index is 0.0737. The van der Waals surface area contributed by atoms with Gasteiger partial charge < -0.3 is 25.4 Å². The van der Waals surface area contributed by atoms with Crippen LogP contribution in [0, 0.1) is 46.8 Å². The lowest BCUT2D eigenvalue weighted by atomic mass is 9.86. The van der Waals surface area contributed by atoms with E-state index in [0.29, 0.717) is 56.8 Å². The van der Waals surface area contributed by atoms with Gasteiger partial charge in [-0.2, -0.15) is 5.26 Å². The summed E-state index contributed by atoms with van der Waals surface area (Å²) in [6.07, 6.45) is 2.71. The molecule has 0 radical (unpaired) electrons. The monoisotopic (exact) mass is 446 g/mol. The lowest BCUT2D eigenvalue weighted by Crippen LogP contribution is -2.50. The first kappa shape index (κ1) is 23.0. The third-order valence-electron chi connectivity index (χ3n) is 7.49. The highest BCUT2D eigenvalue weighted by atomic mass is 16.7. The van der Waals surface area contributed by atoms with E-state index in [1.807, 2.05) is 13.8 Å². The van der Waals surface area contributed by atoms with Crippen molar-refractivity contribution in [2.75, 3.05) is 19.8 Å².